The minimum Gasteiger partial charge on any atom is -0.496 e. The molecule has 1 aliphatic rings. The second-order valence-electron chi connectivity index (χ2n) is 4.63. The molecule has 1 amide bonds. The highest BCUT2D eigenvalue weighted by molar-refractivity contribution is 5.91. The summed E-state index contributed by atoms with van der Waals surface area (Å²) in [6.07, 6.45) is 2.98. The molecule has 104 valence electrons. The lowest BCUT2D eigenvalue weighted by molar-refractivity contribution is 0.0995. The normalized spacial score (nSPS) is 19.6. The summed E-state index contributed by atoms with van der Waals surface area (Å²) in [6.45, 7) is 2.62. The fourth-order valence-electron chi connectivity index (χ4n) is 2.28. The lowest BCUT2D eigenvalue weighted by Crippen LogP contribution is -2.23. The van der Waals surface area contributed by atoms with Crippen LogP contribution < -0.4 is 10.5 Å². The number of carbonyl (C=O) groups excluding carboxylic acids is 1. The van der Waals surface area contributed by atoms with Crippen LogP contribution in [0.2, 0.25) is 0 Å². The van der Waals surface area contributed by atoms with Gasteiger partial charge in [-0.05, 0) is 6.42 Å². The third kappa shape index (κ3) is 3.21. The van der Waals surface area contributed by atoms with Crippen LogP contribution in [0.4, 0.5) is 0 Å². The molecule has 0 spiro atoms. The van der Waals surface area contributed by atoms with E-state index >= 15 is 0 Å². The van der Waals surface area contributed by atoms with Crippen molar-refractivity contribution in [1.82, 2.24) is 9.88 Å². The number of carbonyl (C=O) groups is 1. The fraction of sp³-hybridized carbons (Fsp3) is 0.538. The predicted octanol–water partition coefficient (Wildman–Crippen LogP) is 0.410. The lowest BCUT2D eigenvalue weighted by Gasteiger charge is -2.17. The summed E-state index contributed by atoms with van der Waals surface area (Å²) in [7, 11) is 3.31. The molecular formula is C13H19N3O3. The monoisotopic (exact) mass is 265 g/mol. The third-order valence-corrected chi connectivity index (χ3v) is 3.37. The van der Waals surface area contributed by atoms with E-state index in [1.807, 2.05) is 0 Å². The predicted molar refractivity (Wildman–Crippen MR) is 70.0 cm³/mol. The Kier molecular flexibility index (Phi) is 4.34. The van der Waals surface area contributed by atoms with E-state index in [2.05, 4.69) is 9.88 Å². The van der Waals surface area contributed by atoms with Crippen molar-refractivity contribution in [2.75, 3.05) is 27.3 Å². The number of ether oxygens (including phenoxy) is 2. The zero-order chi connectivity index (χ0) is 13.8. The van der Waals surface area contributed by atoms with Gasteiger partial charge >= 0.3 is 0 Å². The van der Waals surface area contributed by atoms with E-state index in [1.165, 1.54) is 0 Å². The molecule has 2 heterocycles. The van der Waals surface area contributed by atoms with Crippen LogP contribution in [-0.2, 0) is 11.3 Å². The summed E-state index contributed by atoms with van der Waals surface area (Å²) in [4.78, 5) is 17.4. The second kappa shape index (κ2) is 5.99. The van der Waals surface area contributed by atoms with Gasteiger partial charge in [-0.15, -0.1) is 0 Å². The van der Waals surface area contributed by atoms with Crippen molar-refractivity contribution in [2.24, 2.45) is 5.73 Å². The highest BCUT2D eigenvalue weighted by atomic mass is 16.5. The van der Waals surface area contributed by atoms with E-state index in [9.17, 15) is 4.79 Å². The van der Waals surface area contributed by atoms with Gasteiger partial charge in [-0.1, -0.05) is 0 Å². The maximum Gasteiger partial charge on any atom is 0.267 e. The average molecular weight is 265 g/mol. The molecule has 0 saturated carbocycles. The van der Waals surface area contributed by atoms with Crippen LogP contribution in [0, 0.1) is 0 Å². The molecule has 1 saturated heterocycles. The lowest BCUT2D eigenvalue weighted by atomic mass is 10.2. The topological polar surface area (TPSA) is 77.7 Å². The summed E-state index contributed by atoms with van der Waals surface area (Å²) in [6, 6.07) is 1.58. The van der Waals surface area contributed by atoms with Crippen molar-refractivity contribution in [3.05, 3.63) is 23.5 Å². The largest absolute Gasteiger partial charge is 0.496 e. The molecule has 1 aromatic heterocycles. The molecule has 2 N–H and O–H groups in total. The minimum absolute atomic E-state index is 0.219. The molecule has 19 heavy (non-hydrogen) atoms. The molecule has 1 aromatic rings. The number of hydrogen-bond donors (Lipinski definition) is 1. The van der Waals surface area contributed by atoms with Gasteiger partial charge in [0.2, 0.25) is 0 Å². The smallest absolute Gasteiger partial charge is 0.267 e. The molecule has 1 aliphatic heterocycles. The molecule has 2 rings (SSSR count). The fourth-order valence-corrected chi connectivity index (χ4v) is 2.28. The maximum atomic E-state index is 11.1. The van der Waals surface area contributed by atoms with Crippen molar-refractivity contribution >= 4 is 5.91 Å². The van der Waals surface area contributed by atoms with E-state index in [-0.39, 0.29) is 5.69 Å². The van der Waals surface area contributed by atoms with Crippen molar-refractivity contribution in [2.45, 2.75) is 19.1 Å². The van der Waals surface area contributed by atoms with Crippen molar-refractivity contribution in [1.29, 1.82) is 0 Å². The van der Waals surface area contributed by atoms with Crippen LogP contribution in [0.3, 0.4) is 0 Å². The Morgan fingerprint density at radius 1 is 1.58 bits per heavy atom. The highest BCUT2D eigenvalue weighted by Gasteiger charge is 2.23. The van der Waals surface area contributed by atoms with Gasteiger partial charge in [-0.2, -0.15) is 0 Å². The van der Waals surface area contributed by atoms with Gasteiger partial charge in [0, 0.05) is 44.6 Å². The van der Waals surface area contributed by atoms with Gasteiger partial charge in [0.25, 0.3) is 5.91 Å². The number of pyridine rings is 1. The van der Waals surface area contributed by atoms with E-state index in [1.54, 1.807) is 26.5 Å². The van der Waals surface area contributed by atoms with Gasteiger partial charge in [0.05, 0.1) is 13.2 Å². The molecule has 6 heteroatoms. The van der Waals surface area contributed by atoms with Crippen LogP contribution in [0.25, 0.3) is 0 Å². The van der Waals surface area contributed by atoms with Gasteiger partial charge in [0.1, 0.15) is 11.4 Å². The first-order chi connectivity index (χ1) is 9.13. The number of aromatic nitrogens is 1. The molecule has 0 aromatic carbocycles. The second-order valence-corrected chi connectivity index (χ2v) is 4.63. The van der Waals surface area contributed by atoms with Crippen LogP contribution in [0.1, 0.15) is 22.5 Å². The zero-order valence-electron chi connectivity index (χ0n) is 11.3. The number of primary amides is 1. The minimum atomic E-state index is -0.550. The first kappa shape index (κ1) is 13.8. The highest BCUT2D eigenvalue weighted by Crippen LogP contribution is 2.22. The Balaban J connectivity index is 2.10. The van der Waals surface area contributed by atoms with Gasteiger partial charge in [0.15, 0.2) is 0 Å². The number of nitrogens with zero attached hydrogens (tertiary/aromatic N) is 2. The van der Waals surface area contributed by atoms with Crippen LogP contribution in [-0.4, -0.2) is 49.2 Å². The Morgan fingerprint density at radius 3 is 2.95 bits per heavy atom. The van der Waals surface area contributed by atoms with Crippen LogP contribution >= 0.6 is 0 Å². The number of hydrogen-bond acceptors (Lipinski definition) is 5. The van der Waals surface area contributed by atoms with E-state index in [0.29, 0.717) is 11.9 Å². The SMILES string of the molecule is COc1cc(C(N)=O)ncc1CN1CC[C@@H](OC)C1. The molecule has 0 aliphatic carbocycles. The zero-order valence-corrected chi connectivity index (χ0v) is 11.3. The molecule has 1 fully saturated rings. The van der Waals surface area contributed by atoms with E-state index in [0.717, 1.165) is 31.6 Å². The molecule has 0 bridgehead atoms. The average Bonchev–Trinajstić information content (AvgIpc) is 2.86. The number of methoxy groups -OCH3 is 2. The summed E-state index contributed by atoms with van der Waals surface area (Å²) < 4.78 is 10.6. The van der Waals surface area contributed by atoms with E-state index in [4.69, 9.17) is 15.2 Å². The van der Waals surface area contributed by atoms with Crippen molar-refractivity contribution in [3.63, 3.8) is 0 Å². The van der Waals surface area contributed by atoms with Crippen LogP contribution in [0.15, 0.2) is 12.3 Å². The molecule has 6 nitrogen and oxygen atoms in total. The molecular weight excluding hydrogens is 246 g/mol. The molecule has 0 unspecified atom stereocenters. The summed E-state index contributed by atoms with van der Waals surface area (Å²) >= 11 is 0. The van der Waals surface area contributed by atoms with Gasteiger partial charge in [-0.25, -0.2) is 0 Å². The Bertz CT molecular complexity index is 464. The number of rotatable bonds is 5. The van der Waals surface area contributed by atoms with E-state index < -0.39 is 5.91 Å². The molecule has 1 atom stereocenters. The molecule has 0 radical (unpaired) electrons. The Morgan fingerprint density at radius 2 is 2.37 bits per heavy atom. The number of likely N-dealkylation sites (tertiary alicyclic amines) is 1. The van der Waals surface area contributed by atoms with Gasteiger partial charge < -0.3 is 15.2 Å². The van der Waals surface area contributed by atoms with Crippen molar-refractivity contribution in [3.8, 4) is 5.75 Å². The number of nitrogens with two attached hydrogens (primary N) is 1. The summed E-state index contributed by atoms with van der Waals surface area (Å²) in [5, 5.41) is 0. The quantitative estimate of drug-likeness (QED) is 0.834. The maximum absolute atomic E-state index is 11.1. The summed E-state index contributed by atoms with van der Waals surface area (Å²) in [5.41, 5.74) is 6.37. The Hall–Kier alpha value is -1.66. The standard InChI is InChI=1S/C13H19N3O3/c1-18-10-3-4-16(8-10)7-9-6-15-11(13(14)17)5-12(9)19-2/h5-6,10H,3-4,7-8H2,1-2H3,(H2,14,17)/t10-/m1/s1. The first-order valence-electron chi connectivity index (χ1n) is 6.22. The number of amides is 1. The summed E-state index contributed by atoms with van der Waals surface area (Å²) in [5.74, 6) is 0.0927. The van der Waals surface area contributed by atoms with Crippen molar-refractivity contribution < 1.29 is 14.3 Å². The van der Waals surface area contributed by atoms with Gasteiger partial charge in [-0.3, -0.25) is 14.7 Å². The Labute approximate surface area is 112 Å². The van der Waals surface area contributed by atoms with Crippen LogP contribution in [0.5, 0.6) is 5.75 Å². The first-order valence-corrected chi connectivity index (χ1v) is 6.22. The third-order valence-electron chi connectivity index (χ3n) is 3.37.